The Kier molecular flexibility index (Phi) is 4.41. The number of aryl methyl sites for hydroxylation is 1. The van der Waals surface area contributed by atoms with Crippen LogP contribution in [0.4, 0.5) is 5.82 Å². The molecule has 1 aliphatic heterocycles. The second-order valence-electron chi connectivity index (χ2n) is 5.68. The van der Waals surface area contributed by atoms with Gasteiger partial charge in [-0.05, 0) is 25.1 Å². The first-order valence-electron chi connectivity index (χ1n) is 7.75. The quantitative estimate of drug-likeness (QED) is 0.845. The van der Waals surface area contributed by atoms with E-state index in [0.717, 1.165) is 18.9 Å². The average Bonchev–Trinajstić information content (AvgIpc) is 2.60. The van der Waals surface area contributed by atoms with Crippen molar-refractivity contribution in [2.75, 3.05) is 31.1 Å². The molecule has 1 fully saturated rings. The minimum atomic E-state index is -0.104. The Bertz CT molecular complexity index is 734. The highest BCUT2D eigenvalue weighted by Gasteiger charge is 2.22. The summed E-state index contributed by atoms with van der Waals surface area (Å²) in [6, 6.07) is 9.38. The van der Waals surface area contributed by atoms with Crippen LogP contribution in [0.15, 0.2) is 47.5 Å². The van der Waals surface area contributed by atoms with Gasteiger partial charge in [0.05, 0.1) is 0 Å². The Morgan fingerprint density at radius 3 is 2.61 bits per heavy atom. The second-order valence-corrected chi connectivity index (χ2v) is 5.68. The van der Waals surface area contributed by atoms with Crippen molar-refractivity contribution in [3.8, 4) is 0 Å². The van der Waals surface area contributed by atoms with Crippen LogP contribution in [0.5, 0.6) is 0 Å². The van der Waals surface area contributed by atoms with E-state index in [9.17, 15) is 9.59 Å². The van der Waals surface area contributed by atoms with Crippen molar-refractivity contribution < 1.29 is 4.79 Å². The van der Waals surface area contributed by atoms with E-state index in [0.29, 0.717) is 18.7 Å². The molecule has 0 bridgehead atoms. The van der Waals surface area contributed by atoms with Gasteiger partial charge in [0.2, 0.25) is 5.91 Å². The molecule has 3 heterocycles. The summed E-state index contributed by atoms with van der Waals surface area (Å²) in [6.07, 6.45) is 3.44. The van der Waals surface area contributed by atoms with Crippen molar-refractivity contribution >= 4 is 11.7 Å². The Morgan fingerprint density at radius 1 is 1.13 bits per heavy atom. The number of pyridine rings is 2. The highest BCUT2D eigenvalue weighted by molar-refractivity contribution is 5.76. The minimum absolute atomic E-state index is 0.0154. The molecule has 0 atom stereocenters. The molecule has 2 aromatic rings. The van der Waals surface area contributed by atoms with Gasteiger partial charge in [0.1, 0.15) is 12.4 Å². The lowest BCUT2D eigenvalue weighted by Crippen LogP contribution is -2.50. The number of hydrogen-bond donors (Lipinski definition) is 0. The number of carbonyl (C=O) groups excluding carboxylic acids is 1. The molecule has 6 nitrogen and oxygen atoms in total. The monoisotopic (exact) mass is 312 g/mol. The maximum absolute atomic E-state index is 12.4. The summed E-state index contributed by atoms with van der Waals surface area (Å²) in [5.74, 6) is 0.924. The Morgan fingerprint density at radius 2 is 1.91 bits per heavy atom. The molecule has 1 amide bonds. The zero-order valence-corrected chi connectivity index (χ0v) is 13.2. The van der Waals surface area contributed by atoms with Gasteiger partial charge in [-0.2, -0.15) is 0 Å². The number of hydrogen-bond acceptors (Lipinski definition) is 4. The van der Waals surface area contributed by atoms with Crippen molar-refractivity contribution in [2.45, 2.75) is 13.5 Å². The molecule has 3 rings (SSSR count). The van der Waals surface area contributed by atoms with E-state index in [2.05, 4.69) is 9.88 Å². The third-order valence-corrected chi connectivity index (χ3v) is 4.12. The van der Waals surface area contributed by atoms with E-state index < -0.39 is 0 Å². The third kappa shape index (κ3) is 3.41. The van der Waals surface area contributed by atoms with Crippen LogP contribution in [0, 0.1) is 6.92 Å². The number of anilines is 1. The van der Waals surface area contributed by atoms with Gasteiger partial charge in [0.25, 0.3) is 5.56 Å². The molecule has 1 aliphatic rings. The molecule has 0 unspecified atom stereocenters. The van der Waals surface area contributed by atoms with Gasteiger partial charge in [-0.3, -0.25) is 9.59 Å². The normalized spacial score (nSPS) is 14.8. The van der Waals surface area contributed by atoms with E-state index in [4.69, 9.17) is 0 Å². The summed E-state index contributed by atoms with van der Waals surface area (Å²) >= 11 is 0. The van der Waals surface area contributed by atoms with Crippen LogP contribution in [0.1, 0.15) is 5.56 Å². The average molecular weight is 312 g/mol. The molecule has 2 aromatic heterocycles. The molecular weight excluding hydrogens is 292 g/mol. The molecule has 0 aromatic carbocycles. The summed E-state index contributed by atoms with van der Waals surface area (Å²) in [5.41, 5.74) is 0.549. The minimum Gasteiger partial charge on any atom is -0.353 e. The molecule has 1 saturated heterocycles. The summed E-state index contributed by atoms with van der Waals surface area (Å²) < 4.78 is 1.47. The summed E-state index contributed by atoms with van der Waals surface area (Å²) in [4.78, 5) is 32.7. The fourth-order valence-electron chi connectivity index (χ4n) is 2.75. The van der Waals surface area contributed by atoms with Crippen LogP contribution in [-0.2, 0) is 11.3 Å². The lowest BCUT2D eigenvalue weighted by molar-refractivity contribution is -0.132. The van der Waals surface area contributed by atoms with Crippen LogP contribution >= 0.6 is 0 Å². The summed E-state index contributed by atoms with van der Waals surface area (Å²) in [5, 5.41) is 0. The maximum Gasteiger partial charge on any atom is 0.253 e. The predicted molar refractivity (Wildman–Crippen MR) is 88.5 cm³/mol. The van der Waals surface area contributed by atoms with Gasteiger partial charge in [-0.1, -0.05) is 12.1 Å². The molecule has 23 heavy (non-hydrogen) atoms. The lowest BCUT2D eigenvalue weighted by Gasteiger charge is -2.35. The number of aromatic nitrogens is 2. The number of carbonyl (C=O) groups is 1. The number of rotatable bonds is 3. The van der Waals surface area contributed by atoms with E-state index in [1.807, 2.05) is 23.1 Å². The molecule has 120 valence electrons. The van der Waals surface area contributed by atoms with Crippen LogP contribution in [0.3, 0.4) is 0 Å². The zero-order valence-electron chi connectivity index (χ0n) is 13.2. The first-order valence-corrected chi connectivity index (χ1v) is 7.75. The van der Waals surface area contributed by atoms with Crippen molar-refractivity contribution in [2.24, 2.45) is 0 Å². The highest BCUT2D eigenvalue weighted by atomic mass is 16.2. The Hall–Kier alpha value is -2.63. The van der Waals surface area contributed by atoms with Gasteiger partial charge in [-0.15, -0.1) is 0 Å². The van der Waals surface area contributed by atoms with Gasteiger partial charge in [-0.25, -0.2) is 4.98 Å². The van der Waals surface area contributed by atoms with Gasteiger partial charge in [0.15, 0.2) is 0 Å². The maximum atomic E-state index is 12.4. The molecule has 0 saturated carbocycles. The predicted octanol–water partition coefficient (Wildman–Crippen LogP) is 0.901. The molecular formula is C17H20N4O2. The van der Waals surface area contributed by atoms with Crippen LogP contribution in [0.25, 0.3) is 0 Å². The Labute approximate surface area is 135 Å². The largest absolute Gasteiger partial charge is 0.353 e. The number of piperazine rings is 1. The zero-order chi connectivity index (χ0) is 16.2. The second kappa shape index (κ2) is 6.64. The van der Waals surface area contributed by atoms with Gasteiger partial charge < -0.3 is 14.4 Å². The summed E-state index contributed by atoms with van der Waals surface area (Å²) in [6.45, 7) is 4.67. The van der Waals surface area contributed by atoms with Crippen molar-refractivity contribution in [3.05, 3.63) is 58.6 Å². The fraction of sp³-hybridized carbons (Fsp3) is 0.353. The van der Waals surface area contributed by atoms with Crippen molar-refractivity contribution in [3.63, 3.8) is 0 Å². The van der Waals surface area contributed by atoms with E-state index in [1.54, 1.807) is 31.5 Å². The van der Waals surface area contributed by atoms with E-state index >= 15 is 0 Å². The topological polar surface area (TPSA) is 58.4 Å². The summed E-state index contributed by atoms with van der Waals surface area (Å²) in [7, 11) is 0. The fourth-order valence-corrected chi connectivity index (χ4v) is 2.75. The van der Waals surface area contributed by atoms with Gasteiger partial charge in [0, 0.05) is 44.1 Å². The van der Waals surface area contributed by atoms with E-state index in [1.165, 1.54) is 4.57 Å². The van der Waals surface area contributed by atoms with Crippen LogP contribution in [-0.4, -0.2) is 46.5 Å². The molecule has 6 heteroatoms. The SMILES string of the molecule is Cc1cccn(CC(=O)N2CCN(c3ccccn3)CC2)c1=O. The first-order chi connectivity index (χ1) is 11.1. The molecule has 0 spiro atoms. The number of amides is 1. The third-order valence-electron chi connectivity index (χ3n) is 4.12. The van der Waals surface area contributed by atoms with Crippen molar-refractivity contribution in [1.29, 1.82) is 0 Å². The molecule has 0 N–H and O–H groups in total. The smallest absolute Gasteiger partial charge is 0.253 e. The van der Waals surface area contributed by atoms with Crippen LogP contribution in [0.2, 0.25) is 0 Å². The molecule has 0 radical (unpaired) electrons. The first kappa shape index (κ1) is 15.3. The Balaban J connectivity index is 1.60. The number of nitrogens with zero attached hydrogens (tertiary/aromatic N) is 4. The van der Waals surface area contributed by atoms with Gasteiger partial charge >= 0.3 is 0 Å². The van der Waals surface area contributed by atoms with Crippen molar-refractivity contribution in [1.82, 2.24) is 14.5 Å². The lowest BCUT2D eigenvalue weighted by atomic mass is 10.3. The van der Waals surface area contributed by atoms with Crippen LogP contribution < -0.4 is 10.5 Å². The van der Waals surface area contributed by atoms with E-state index in [-0.39, 0.29) is 18.0 Å². The highest BCUT2D eigenvalue weighted by Crippen LogP contribution is 2.12. The molecule has 0 aliphatic carbocycles. The standard InChI is InChI=1S/C17H20N4O2/c1-14-5-4-8-21(17(14)23)13-16(22)20-11-9-19(10-12-20)15-6-2-3-7-18-15/h2-8H,9-13H2,1H3.